The quantitative estimate of drug-likeness (QED) is 0.897. The van der Waals surface area contributed by atoms with Crippen molar-refractivity contribution in [3.63, 3.8) is 0 Å². The van der Waals surface area contributed by atoms with Crippen molar-refractivity contribution < 1.29 is 13.2 Å². The minimum Gasteiger partial charge on any atom is -0.326 e. The van der Waals surface area contributed by atoms with Crippen molar-refractivity contribution in [2.24, 2.45) is 5.92 Å². The lowest BCUT2D eigenvalue weighted by atomic mass is 9.97. The zero-order valence-corrected chi connectivity index (χ0v) is 14.9. The Labute approximate surface area is 139 Å². The van der Waals surface area contributed by atoms with Gasteiger partial charge in [-0.3, -0.25) is 4.79 Å². The molecule has 1 amide bonds. The molecule has 6 heteroatoms. The predicted molar refractivity (Wildman–Crippen MR) is 92.9 cm³/mol. The molecule has 1 aromatic carbocycles. The van der Waals surface area contributed by atoms with E-state index in [1.807, 2.05) is 39.0 Å². The van der Waals surface area contributed by atoms with Crippen LogP contribution in [0.3, 0.4) is 0 Å². The number of nitrogens with zero attached hydrogens (tertiary/aromatic N) is 1. The van der Waals surface area contributed by atoms with Gasteiger partial charge in [-0.1, -0.05) is 24.6 Å². The zero-order valence-electron chi connectivity index (χ0n) is 14.1. The molecule has 1 aliphatic rings. The van der Waals surface area contributed by atoms with Gasteiger partial charge in [-0.25, -0.2) is 12.7 Å². The van der Waals surface area contributed by atoms with Gasteiger partial charge in [-0.05, 0) is 44.7 Å². The van der Waals surface area contributed by atoms with Gasteiger partial charge in [-0.2, -0.15) is 0 Å². The molecule has 0 radical (unpaired) electrons. The second kappa shape index (κ2) is 7.45. The molecular formula is C17H26N2O3S. The number of amides is 1. The van der Waals surface area contributed by atoms with Crippen molar-refractivity contribution in [2.75, 3.05) is 24.2 Å². The van der Waals surface area contributed by atoms with Crippen molar-refractivity contribution >= 4 is 21.6 Å². The summed E-state index contributed by atoms with van der Waals surface area (Å²) >= 11 is 0. The monoisotopic (exact) mass is 338 g/mol. The minimum atomic E-state index is -3.15. The van der Waals surface area contributed by atoms with Crippen LogP contribution in [0.15, 0.2) is 18.2 Å². The highest BCUT2D eigenvalue weighted by molar-refractivity contribution is 7.89. The Balaban J connectivity index is 1.93. The molecule has 23 heavy (non-hydrogen) atoms. The fourth-order valence-corrected chi connectivity index (χ4v) is 4.51. The van der Waals surface area contributed by atoms with Crippen molar-refractivity contribution in [3.05, 3.63) is 29.3 Å². The summed E-state index contributed by atoms with van der Waals surface area (Å²) in [5.74, 6) is 0.0557. The standard InChI is InChI=1S/C17H26N2O3S/c1-4-11-23(21,22)19-9-7-15(8-10-19)17(20)18-16-6-5-13(2)12-14(16)3/h5-6,12,15H,4,7-11H2,1-3H3,(H,18,20). The topological polar surface area (TPSA) is 66.5 Å². The zero-order chi connectivity index (χ0) is 17.0. The lowest BCUT2D eigenvalue weighted by molar-refractivity contribution is -0.120. The minimum absolute atomic E-state index is 0.00973. The van der Waals surface area contributed by atoms with E-state index in [1.54, 1.807) is 0 Å². The third-order valence-corrected chi connectivity index (χ3v) is 6.40. The molecule has 0 spiro atoms. The summed E-state index contributed by atoms with van der Waals surface area (Å²) in [6.45, 7) is 6.73. The first-order chi connectivity index (χ1) is 10.8. The Kier molecular flexibility index (Phi) is 5.81. The number of anilines is 1. The molecule has 0 aliphatic carbocycles. The smallest absolute Gasteiger partial charge is 0.227 e. The first-order valence-corrected chi connectivity index (χ1v) is 9.80. The highest BCUT2D eigenvalue weighted by Gasteiger charge is 2.30. The van der Waals surface area contributed by atoms with Crippen LogP contribution in [0, 0.1) is 19.8 Å². The van der Waals surface area contributed by atoms with Gasteiger partial charge in [0.15, 0.2) is 0 Å². The number of carbonyl (C=O) groups is 1. The Morgan fingerprint density at radius 3 is 2.48 bits per heavy atom. The third kappa shape index (κ3) is 4.54. The van der Waals surface area contributed by atoms with E-state index in [1.165, 1.54) is 4.31 Å². The van der Waals surface area contributed by atoms with E-state index in [4.69, 9.17) is 0 Å². The molecule has 1 N–H and O–H groups in total. The van der Waals surface area contributed by atoms with E-state index in [2.05, 4.69) is 5.32 Å². The second-order valence-corrected chi connectivity index (χ2v) is 8.39. The van der Waals surface area contributed by atoms with Crippen LogP contribution in [-0.4, -0.2) is 37.5 Å². The van der Waals surface area contributed by atoms with Crippen LogP contribution in [0.2, 0.25) is 0 Å². The van der Waals surface area contributed by atoms with Gasteiger partial charge in [0.1, 0.15) is 0 Å². The predicted octanol–water partition coefficient (Wildman–Crippen LogP) is 2.69. The molecule has 1 saturated heterocycles. The van der Waals surface area contributed by atoms with Crippen molar-refractivity contribution in [1.29, 1.82) is 0 Å². The van der Waals surface area contributed by atoms with E-state index in [-0.39, 0.29) is 17.6 Å². The van der Waals surface area contributed by atoms with Gasteiger partial charge < -0.3 is 5.32 Å². The molecule has 1 heterocycles. The second-order valence-electron chi connectivity index (χ2n) is 6.30. The largest absolute Gasteiger partial charge is 0.326 e. The van der Waals surface area contributed by atoms with Crippen LogP contribution in [0.4, 0.5) is 5.69 Å². The van der Waals surface area contributed by atoms with E-state index in [0.29, 0.717) is 32.4 Å². The SMILES string of the molecule is CCCS(=O)(=O)N1CCC(C(=O)Nc2ccc(C)cc2C)CC1. The Morgan fingerprint density at radius 2 is 1.91 bits per heavy atom. The number of piperidine rings is 1. The summed E-state index contributed by atoms with van der Waals surface area (Å²) in [6.07, 6.45) is 1.79. The van der Waals surface area contributed by atoms with E-state index in [0.717, 1.165) is 16.8 Å². The maximum absolute atomic E-state index is 12.4. The van der Waals surface area contributed by atoms with Crippen molar-refractivity contribution in [2.45, 2.75) is 40.0 Å². The van der Waals surface area contributed by atoms with Crippen LogP contribution in [0.1, 0.15) is 37.3 Å². The first kappa shape index (κ1) is 17.9. The lowest BCUT2D eigenvalue weighted by Crippen LogP contribution is -2.42. The fourth-order valence-electron chi connectivity index (χ4n) is 2.97. The number of hydrogen-bond acceptors (Lipinski definition) is 3. The summed E-state index contributed by atoms with van der Waals surface area (Å²) < 4.78 is 25.6. The van der Waals surface area contributed by atoms with Crippen LogP contribution in [0.5, 0.6) is 0 Å². The van der Waals surface area contributed by atoms with Crippen molar-refractivity contribution in [1.82, 2.24) is 4.31 Å². The number of nitrogens with one attached hydrogen (secondary N) is 1. The molecule has 0 atom stereocenters. The van der Waals surface area contributed by atoms with Gasteiger partial charge in [0.2, 0.25) is 15.9 Å². The maximum atomic E-state index is 12.4. The molecule has 2 rings (SSSR count). The molecule has 128 valence electrons. The summed E-state index contributed by atoms with van der Waals surface area (Å²) in [4.78, 5) is 12.4. The van der Waals surface area contributed by atoms with Gasteiger partial charge in [0, 0.05) is 24.7 Å². The molecule has 0 aromatic heterocycles. The molecule has 0 unspecified atom stereocenters. The number of hydrogen-bond donors (Lipinski definition) is 1. The van der Waals surface area contributed by atoms with Crippen LogP contribution >= 0.6 is 0 Å². The van der Waals surface area contributed by atoms with Gasteiger partial charge >= 0.3 is 0 Å². The third-order valence-electron chi connectivity index (χ3n) is 4.32. The van der Waals surface area contributed by atoms with E-state index < -0.39 is 10.0 Å². The van der Waals surface area contributed by atoms with Crippen molar-refractivity contribution in [3.8, 4) is 0 Å². The van der Waals surface area contributed by atoms with Crippen LogP contribution < -0.4 is 5.32 Å². The van der Waals surface area contributed by atoms with Crippen LogP contribution in [-0.2, 0) is 14.8 Å². The van der Waals surface area contributed by atoms with E-state index in [9.17, 15) is 13.2 Å². The normalized spacial score (nSPS) is 17.2. The maximum Gasteiger partial charge on any atom is 0.227 e. The molecule has 1 aromatic rings. The number of sulfonamides is 1. The molecule has 0 saturated carbocycles. The van der Waals surface area contributed by atoms with Gasteiger partial charge in [0.05, 0.1) is 5.75 Å². The highest BCUT2D eigenvalue weighted by atomic mass is 32.2. The van der Waals surface area contributed by atoms with Crippen LogP contribution in [0.25, 0.3) is 0 Å². The highest BCUT2D eigenvalue weighted by Crippen LogP contribution is 2.23. The molecule has 1 aliphatic heterocycles. The number of aryl methyl sites for hydroxylation is 2. The average Bonchev–Trinajstić information content (AvgIpc) is 2.50. The summed E-state index contributed by atoms with van der Waals surface area (Å²) in [6, 6.07) is 5.93. The lowest BCUT2D eigenvalue weighted by Gasteiger charge is -2.30. The average molecular weight is 338 g/mol. The number of benzene rings is 1. The van der Waals surface area contributed by atoms with E-state index >= 15 is 0 Å². The summed E-state index contributed by atoms with van der Waals surface area (Å²) in [5, 5.41) is 2.98. The molecule has 1 fully saturated rings. The molecule has 0 bridgehead atoms. The first-order valence-electron chi connectivity index (χ1n) is 8.19. The molecule has 5 nitrogen and oxygen atoms in total. The Morgan fingerprint density at radius 1 is 1.26 bits per heavy atom. The van der Waals surface area contributed by atoms with Gasteiger partial charge in [-0.15, -0.1) is 0 Å². The Bertz CT molecular complexity index is 662. The number of rotatable bonds is 5. The summed E-state index contributed by atoms with van der Waals surface area (Å²) in [5.41, 5.74) is 3.04. The number of carbonyl (C=O) groups excluding carboxylic acids is 1. The Hall–Kier alpha value is -1.40. The fraction of sp³-hybridized carbons (Fsp3) is 0.588. The van der Waals surface area contributed by atoms with Gasteiger partial charge in [0.25, 0.3) is 0 Å². The molecular weight excluding hydrogens is 312 g/mol. The summed E-state index contributed by atoms with van der Waals surface area (Å²) in [7, 11) is -3.15.